The molecule has 0 N–H and O–H groups in total. The molecule has 0 saturated carbocycles. The molecule has 4 aromatic rings. The van der Waals surface area contributed by atoms with E-state index in [1.165, 1.54) is 55.5 Å². The summed E-state index contributed by atoms with van der Waals surface area (Å²) in [7, 11) is 0. The van der Waals surface area contributed by atoms with Crippen molar-refractivity contribution in [2.45, 2.75) is 92.5 Å². The van der Waals surface area contributed by atoms with Gasteiger partial charge in [0.05, 0.1) is 5.41 Å². The van der Waals surface area contributed by atoms with Crippen molar-refractivity contribution in [2.24, 2.45) is 0 Å². The number of para-hydroxylation sites is 2. The number of aromatic nitrogens is 2. The van der Waals surface area contributed by atoms with Gasteiger partial charge in [-0.3, -0.25) is 0 Å². The van der Waals surface area contributed by atoms with Crippen LogP contribution >= 0.6 is 34.9 Å². The number of fused-ring (bicyclic) bond motifs is 2. The molecule has 0 saturated heterocycles. The van der Waals surface area contributed by atoms with Crippen molar-refractivity contribution in [1.29, 1.82) is 0 Å². The summed E-state index contributed by atoms with van der Waals surface area (Å²) < 4.78 is 4.53. The summed E-state index contributed by atoms with van der Waals surface area (Å²) in [5, 5.41) is 9.34. The van der Waals surface area contributed by atoms with E-state index in [-0.39, 0.29) is 10.8 Å². The molecule has 7 heteroatoms. The maximum atomic E-state index is 4.71. The van der Waals surface area contributed by atoms with Gasteiger partial charge in [0.25, 0.3) is 0 Å². The summed E-state index contributed by atoms with van der Waals surface area (Å²) in [5.41, 5.74) is 13.3. The SMILES string of the molecule is C=Cc1ccc(CSc2nnc(SC3=C(/C=C/C4=[N+](CCC)c5ccccc5C4(C)C)CC/C3=C\C=C3\N(CCC)c4ccccc4C3(C)C)s2)cc1. The lowest BCUT2D eigenvalue weighted by atomic mass is 9.81. The Hall–Kier alpha value is -3.91. The number of thioether (sulfide) groups is 2. The summed E-state index contributed by atoms with van der Waals surface area (Å²) >= 11 is 5.25. The van der Waals surface area contributed by atoms with Gasteiger partial charge in [-0.05, 0) is 73.1 Å². The Morgan fingerprint density at radius 1 is 0.830 bits per heavy atom. The quantitative estimate of drug-likeness (QED) is 0.100. The van der Waals surface area contributed by atoms with Gasteiger partial charge in [0.1, 0.15) is 6.54 Å². The van der Waals surface area contributed by atoms with E-state index in [2.05, 4.69) is 160 Å². The molecule has 2 aliphatic heterocycles. The highest BCUT2D eigenvalue weighted by Crippen LogP contribution is 2.49. The summed E-state index contributed by atoms with van der Waals surface area (Å²) in [6, 6.07) is 26.4. The van der Waals surface area contributed by atoms with Gasteiger partial charge in [-0.15, -0.1) is 10.2 Å². The third-order valence-electron chi connectivity index (χ3n) is 10.8. The van der Waals surface area contributed by atoms with Crippen molar-refractivity contribution in [2.75, 3.05) is 18.0 Å². The smallest absolute Gasteiger partial charge is 0.209 e. The molecule has 4 nitrogen and oxygen atoms in total. The first kappa shape index (κ1) is 37.4. The van der Waals surface area contributed by atoms with Crippen molar-refractivity contribution in [3.8, 4) is 0 Å². The fourth-order valence-corrected chi connectivity index (χ4v) is 11.2. The van der Waals surface area contributed by atoms with Gasteiger partial charge < -0.3 is 4.90 Å². The van der Waals surface area contributed by atoms with Crippen LogP contribution in [0.15, 0.2) is 134 Å². The fourth-order valence-electron chi connectivity index (χ4n) is 8.00. The van der Waals surface area contributed by atoms with Crippen molar-refractivity contribution in [3.63, 3.8) is 0 Å². The number of rotatable bonds is 13. The number of allylic oxidation sites excluding steroid dienone is 7. The molecule has 0 spiro atoms. The van der Waals surface area contributed by atoms with E-state index in [1.807, 2.05) is 6.08 Å². The summed E-state index contributed by atoms with van der Waals surface area (Å²) in [5.74, 6) is 0.865. The second-order valence-corrected chi connectivity index (χ2v) is 18.5. The largest absolute Gasteiger partial charge is 0.344 e. The van der Waals surface area contributed by atoms with Gasteiger partial charge in [-0.25, -0.2) is 0 Å². The standard InChI is InChI=1S/C46H51N4S3/c1-8-29-49-38-17-13-11-15-36(38)45(4,5)40(49)27-25-34-23-24-35(26-28-41-46(6,7)37-16-12-14-18-39(37)50(41)30-9-2)42(34)52-44-48-47-43(53-44)51-31-33-21-19-32(10-3)20-22-33/h10-22,25-28H,3,8-9,23-24,29-31H2,1-2,4-7H3/q+1. The Kier molecular flexibility index (Phi) is 11.2. The van der Waals surface area contributed by atoms with Gasteiger partial charge in [-0.2, -0.15) is 4.58 Å². The van der Waals surface area contributed by atoms with Crippen LogP contribution in [-0.4, -0.2) is 33.6 Å². The van der Waals surface area contributed by atoms with Crippen molar-refractivity contribution in [1.82, 2.24) is 10.2 Å². The van der Waals surface area contributed by atoms with E-state index in [1.54, 1.807) is 34.9 Å². The highest BCUT2D eigenvalue weighted by atomic mass is 32.2. The van der Waals surface area contributed by atoms with Crippen molar-refractivity contribution < 1.29 is 4.58 Å². The Balaban J connectivity index is 1.23. The summed E-state index contributed by atoms with van der Waals surface area (Å²) in [6.45, 7) is 19.9. The molecule has 0 unspecified atom stereocenters. The van der Waals surface area contributed by atoms with Crippen LogP contribution < -0.4 is 4.90 Å². The third-order valence-corrected chi connectivity index (χ3v) is 14.2. The minimum atomic E-state index is -0.0685. The normalized spacial score (nSPS) is 18.9. The molecule has 3 heterocycles. The van der Waals surface area contributed by atoms with E-state index in [0.717, 1.165) is 58.8 Å². The predicted octanol–water partition coefficient (Wildman–Crippen LogP) is 12.7. The second kappa shape index (κ2) is 15.8. The van der Waals surface area contributed by atoms with Gasteiger partial charge in [0, 0.05) is 58.1 Å². The average Bonchev–Trinajstić information content (AvgIpc) is 3.88. The molecule has 53 heavy (non-hydrogen) atoms. The molecule has 1 aromatic heterocycles. The molecule has 0 fully saturated rings. The molecule has 1 aliphatic carbocycles. The number of nitrogens with zero attached hydrogens (tertiary/aromatic N) is 4. The fraction of sp³-hybridized carbons (Fsp3) is 0.326. The first-order chi connectivity index (χ1) is 25.6. The van der Waals surface area contributed by atoms with Crippen LogP contribution in [-0.2, 0) is 16.6 Å². The molecule has 0 atom stereocenters. The summed E-state index contributed by atoms with van der Waals surface area (Å²) in [6.07, 6.45) is 15.7. The highest BCUT2D eigenvalue weighted by molar-refractivity contribution is 8.05. The van der Waals surface area contributed by atoms with Crippen LogP contribution in [0.4, 0.5) is 11.4 Å². The second-order valence-electron chi connectivity index (χ2n) is 15.1. The highest BCUT2D eigenvalue weighted by Gasteiger charge is 2.44. The van der Waals surface area contributed by atoms with Gasteiger partial charge in [0.2, 0.25) is 5.69 Å². The lowest BCUT2D eigenvalue weighted by molar-refractivity contribution is -0.437. The third kappa shape index (κ3) is 7.45. The number of hydrogen-bond donors (Lipinski definition) is 0. The molecular formula is C46H51N4S3+. The van der Waals surface area contributed by atoms with E-state index in [9.17, 15) is 0 Å². The zero-order chi connectivity index (χ0) is 37.2. The zero-order valence-corrected chi connectivity index (χ0v) is 34.4. The lowest BCUT2D eigenvalue weighted by Gasteiger charge is -2.26. The van der Waals surface area contributed by atoms with Crippen molar-refractivity contribution in [3.05, 3.63) is 148 Å². The molecule has 7 rings (SSSR count). The minimum absolute atomic E-state index is 0.0685. The number of anilines is 1. The average molecular weight is 756 g/mol. The maximum absolute atomic E-state index is 4.71. The zero-order valence-electron chi connectivity index (χ0n) is 32.0. The monoisotopic (exact) mass is 755 g/mol. The Morgan fingerprint density at radius 2 is 1.57 bits per heavy atom. The van der Waals surface area contributed by atoms with E-state index >= 15 is 0 Å². The topological polar surface area (TPSA) is 32.0 Å². The lowest BCUT2D eigenvalue weighted by Crippen LogP contribution is -2.27. The Bertz CT molecular complexity index is 2160. The van der Waals surface area contributed by atoms with Crippen LogP contribution in [0.2, 0.25) is 0 Å². The van der Waals surface area contributed by atoms with Gasteiger partial charge in [-0.1, -0.05) is 148 Å². The molecule has 3 aliphatic rings. The molecule has 3 aromatic carbocycles. The van der Waals surface area contributed by atoms with Crippen LogP contribution in [0.3, 0.4) is 0 Å². The minimum Gasteiger partial charge on any atom is -0.344 e. The predicted molar refractivity (Wildman–Crippen MR) is 230 cm³/mol. The van der Waals surface area contributed by atoms with E-state index in [0.29, 0.717) is 0 Å². The van der Waals surface area contributed by atoms with Gasteiger partial charge in [0.15, 0.2) is 14.4 Å². The molecule has 0 radical (unpaired) electrons. The van der Waals surface area contributed by atoms with E-state index < -0.39 is 0 Å². The maximum Gasteiger partial charge on any atom is 0.209 e. The first-order valence-electron chi connectivity index (χ1n) is 19.0. The van der Waals surface area contributed by atoms with Crippen molar-refractivity contribution >= 4 is 58.0 Å². The molecule has 272 valence electrons. The Morgan fingerprint density at radius 3 is 2.32 bits per heavy atom. The molecule has 0 bridgehead atoms. The summed E-state index contributed by atoms with van der Waals surface area (Å²) in [4.78, 5) is 3.86. The van der Waals surface area contributed by atoms with Crippen LogP contribution in [0, 0.1) is 0 Å². The number of hydrogen-bond acceptors (Lipinski definition) is 6. The Labute approximate surface area is 329 Å². The van der Waals surface area contributed by atoms with Crippen LogP contribution in [0.25, 0.3) is 6.08 Å². The van der Waals surface area contributed by atoms with Crippen LogP contribution in [0.5, 0.6) is 0 Å². The molecule has 0 amide bonds. The first-order valence-corrected chi connectivity index (χ1v) is 21.6. The van der Waals surface area contributed by atoms with E-state index in [4.69, 9.17) is 5.10 Å². The van der Waals surface area contributed by atoms with Crippen LogP contribution in [0.1, 0.15) is 89.5 Å². The molecular weight excluding hydrogens is 705 g/mol. The van der Waals surface area contributed by atoms with Gasteiger partial charge >= 0.3 is 0 Å². The number of benzene rings is 3.